The average Bonchev–Trinajstić information content (AvgIpc) is 3.33. The van der Waals surface area contributed by atoms with Crippen LogP contribution in [0.25, 0.3) is 10.8 Å². The molecule has 1 aromatic carbocycles. The zero-order valence-corrected chi connectivity index (χ0v) is 16.0. The molecule has 27 heavy (non-hydrogen) atoms. The normalized spacial score (nSPS) is 15.2. The maximum atomic E-state index is 10.8. The molecule has 0 aliphatic carbocycles. The van der Waals surface area contributed by atoms with Gasteiger partial charge in [0.15, 0.2) is 6.67 Å². The van der Waals surface area contributed by atoms with Crippen LogP contribution in [0.15, 0.2) is 46.2 Å². The molecule has 8 nitrogen and oxygen atoms in total. The second kappa shape index (κ2) is 7.59. The number of nitrogens with one attached hydrogen (secondary N) is 1. The molecule has 4 rings (SSSR count). The number of rotatable bonds is 5. The lowest BCUT2D eigenvalue weighted by Gasteiger charge is -2.33. The van der Waals surface area contributed by atoms with Gasteiger partial charge in [-0.1, -0.05) is 6.07 Å². The first-order valence-corrected chi connectivity index (χ1v) is 9.84. The Balaban J connectivity index is 1.37. The van der Waals surface area contributed by atoms with Gasteiger partial charge in [0.1, 0.15) is 0 Å². The Morgan fingerprint density at radius 2 is 2.00 bits per heavy atom. The quantitative estimate of drug-likeness (QED) is 0.399. The molecule has 140 valence electrons. The molecular formula is C17H18N5O3S2+. The van der Waals surface area contributed by atoms with E-state index < -0.39 is 0 Å². The first-order valence-electron chi connectivity index (χ1n) is 8.55. The van der Waals surface area contributed by atoms with E-state index in [1.807, 2.05) is 29.6 Å². The topological polar surface area (TPSA) is 81.8 Å². The summed E-state index contributed by atoms with van der Waals surface area (Å²) in [7, 11) is 0. The number of thiophene rings is 1. The molecule has 0 spiro atoms. The highest BCUT2D eigenvalue weighted by atomic mass is 32.1. The van der Waals surface area contributed by atoms with Crippen LogP contribution in [0.5, 0.6) is 0 Å². The number of nitro benzene ring substituents is 1. The van der Waals surface area contributed by atoms with Gasteiger partial charge in [-0.15, -0.1) is 16.4 Å². The van der Waals surface area contributed by atoms with Gasteiger partial charge in [-0.2, -0.15) is 4.68 Å². The van der Waals surface area contributed by atoms with Crippen molar-refractivity contribution in [1.82, 2.24) is 9.78 Å². The van der Waals surface area contributed by atoms with Crippen LogP contribution in [-0.4, -0.2) is 40.9 Å². The molecule has 1 aliphatic heterocycles. The van der Waals surface area contributed by atoms with E-state index in [0.717, 1.165) is 36.7 Å². The number of anilines is 1. The zero-order valence-electron chi connectivity index (χ0n) is 14.4. The predicted octanol–water partition coefficient (Wildman–Crippen LogP) is 2.20. The summed E-state index contributed by atoms with van der Waals surface area (Å²) in [6, 6.07) is 10.6. The maximum absolute atomic E-state index is 10.8. The monoisotopic (exact) mass is 404 g/mol. The van der Waals surface area contributed by atoms with Crippen molar-refractivity contribution in [2.75, 3.05) is 31.1 Å². The lowest BCUT2D eigenvalue weighted by atomic mass is 10.2. The molecular weight excluding hydrogens is 386 g/mol. The Morgan fingerprint density at radius 3 is 2.63 bits per heavy atom. The summed E-state index contributed by atoms with van der Waals surface area (Å²) < 4.78 is 7.37. The third-order valence-corrected chi connectivity index (χ3v) is 5.76. The zero-order chi connectivity index (χ0) is 18.8. The van der Waals surface area contributed by atoms with E-state index >= 15 is 0 Å². The van der Waals surface area contributed by atoms with Crippen LogP contribution in [0.4, 0.5) is 11.4 Å². The van der Waals surface area contributed by atoms with Gasteiger partial charge in [0, 0.05) is 17.8 Å². The van der Waals surface area contributed by atoms with Crippen molar-refractivity contribution < 1.29 is 14.2 Å². The van der Waals surface area contributed by atoms with Crippen molar-refractivity contribution in [2.24, 2.45) is 0 Å². The summed E-state index contributed by atoms with van der Waals surface area (Å²) in [6.45, 7) is 4.27. The molecule has 3 heterocycles. The molecule has 1 fully saturated rings. The number of quaternary nitrogens is 1. The van der Waals surface area contributed by atoms with Gasteiger partial charge < -0.3 is 14.2 Å². The van der Waals surface area contributed by atoms with Gasteiger partial charge in [-0.3, -0.25) is 10.1 Å². The second-order valence-electron chi connectivity index (χ2n) is 6.32. The van der Waals surface area contributed by atoms with Crippen LogP contribution in [0, 0.1) is 15.0 Å². The summed E-state index contributed by atoms with van der Waals surface area (Å²) in [5, 5.41) is 17.3. The second-order valence-corrected chi connectivity index (χ2v) is 7.62. The number of hydrogen-bond acceptors (Lipinski definition) is 7. The first-order chi connectivity index (χ1) is 13.1. The molecule has 0 radical (unpaired) electrons. The SMILES string of the molecule is O=[N+]([O-])c1ccc(N2CC[NH+](Cn3nc(-c4cccs4)oc3=S)CC2)cc1. The fourth-order valence-electron chi connectivity index (χ4n) is 3.14. The molecule has 10 heteroatoms. The highest BCUT2D eigenvalue weighted by Crippen LogP contribution is 2.23. The third kappa shape index (κ3) is 3.92. The van der Waals surface area contributed by atoms with Crippen LogP contribution in [0.3, 0.4) is 0 Å². The van der Waals surface area contributed by atoms with Gasteiger partial charge in [0.05, 0.1) is 36.0 Å². The fraction of sp³-hybridized carbons (Fsp3) is 0.294. The largest absolute Gasteiger partial charge is 0.408 e. The van der Waals surface area contributed by atoms with Crippen LogP contribution in [-0.2, 0) is 6.67 Å². The number of non-ortho nitro benzene ring substituents is 1. The predicted molar refractivity (Wildman–Crippen MR) is 105 cm³/mol. The van der Waals surface area contributed by atoms with Crippen molar-refractivity contribution in [3.8, 4) is 10.8 Å². The molecule has 3 aromatic rings. The minimum atomic E-state index is -0.377. The number of benzene rings is 1. The molecule has 0 saturated carbocycles. The van der Waals surface area contributed by atoms with Crippen molar-refractivity contribution >= 4 is 34.9 Å². The Hall–Kier alpha value is -2.56. The van der Waals surface area contributed by atoms with Crippen LogP contribution >= 0.6 is 23.6 Å². The molecule has 0 unspecified atom stereocenters. The van der Waals surface area contributed by atoms with E-state index in [0.29, 0.717) is 17.4 Å². The van der Waals surface area contributed by atoms with Gasteiger partial charge in [0.2, 0.25) is 0 Å². The van der Waals surface area contributed by atoms with E-state index in [1.165, 1.54) is 4.90 Å². The smallest absolute Gasteiger partial charge is 0.292 e. The summed E-state index contributed by atoms with van der Waals surface area (Å²) in [5.41, 5.74) is 1.13. The maximum Gasteiger partial charge on any atom is 0.292 e. The van der Waals surface area contributed by atoms with Gasteiger partial charge in [-0.25, -0.2) is 0 Å². The molecule has 2 aromatic heterocycles. The molecule has 0 amide bonds. The highest BCUT2D eigenvalue weighted by Gasteiger charge is 2.22. The lowest BCUT2D eigenvalue weighted by molar-refractivity contribution is -0.924. The Kier molecular flexibility index (Phi) is 5.01. The van der Waals surface area contributed by atoms with Crippen molar-refractivity contribution in [2.45, 2.75) is 6.67 Å². The molecule has 1 N–H and O–H groups in total. The number of nitro groups is 1. The minimum Gasteiger partial charge on any atom is -0.408 e. The minimum absolute atomic E-state index is 0.116. The first kappa shape index (κ1) is 17.8. The van der Waals surface area contributed by atoms with E-state index in [4.69, 9.17) is 16.6 Å². The van der Waals surface area contributed by atoms with E-state index in [1.54, 1.807) is 28.2 Å². The fourth-order valence-corrected chi connectivity index (χ4v) is 3.97. The molecule has 0 atom stereocenters. The van der Waals surface area contributed by atoms with Crippen molar-refractivity contribution in [1.29, 1.82) is 0 Å². The Labute approximate surface area is 164 Å². The number of nitrogens with zero attached hydrogens (tertiary/aromatic N) is 4. The van der Waals surface area contributed by atoms with Crippen molar-refractivity contribution in [3.05, 3.63) is 56.7 Å². The number of aromatic nitrogens is 2. The lowest BCUT2D eigenvalue weighted by Crippen LogP contribution is -3.14. The average molecular weight is 404 g/mol. The van der Waals surface area contributed by atoms with Crippen LogP contribution in [0.2, 0.25) is 0 Å². The third-order valence-electron chi connectivity index (χ3n) is 4.61. The summed E-state index contributed by atoms with van der Waals surface area (Å²) in [5.74, 6) is 0.568. The van der Waals surface area contributed by atoms with Crippen molar-refractivity contribution in [3.63, 3.8) is 0 Å². The standard InChI is InChI=1S/C17H17N5O3S2/c23-22(24)14-5-3-13(4-6-14)20-9-7-19(8-10-20)12-21-17(26)25-16(18-21)15-2-1-11-27-15/h1-6,11H,7-10,12H2/p+1. The summed E-state index contributed by atoms with van der Waals surface area (Å²) in [4.78, 5) is 15.4. The molecule has 1 aliphatic rings. The Morgan fingerprint density at radius 1 is 1.26 bits per heavy atom. The van der Waals surface area contributed by atoms with Crippen LogP contribution in [0.1, 0.15) is 0 Å². The van der Waals surface area contributed by atoms with E-state index in [-0.39, 0.29) is 10.6 Å². The summed E-state index contributed by atoms with van der Waals surface area (Å²) >= 11 is 6.88. The van der Waals surface area contributed by atoms with Gasteiger partial charge in [-0.05, 0) is 35.8 Å². The van der Waals surface area contributed by atoms with Crippen LogP contribution < -0.4 is 9.80 Å². The highest BCUT2D eigenvalue weighted by molar-refractivity contribution is 7.71. The van der Waals surface area contributed by atoms with Gasteiger partial charge >= 0.3 is 0 Å². The van der Waals surface area contributed by atoms with E-state index in [2.05, 4.69) is 10.00 Å². The number of hydrogen-bond donors (Lipinski definition) is 1. The Bertz CT molecular complexity index is 973. The van der Waals surface area contributed by atoms with Gasteiger partial charge in [0.25, 0.3) is 16.4 Å². The molecule has 1 saturated heterocycles. The summed E-state index contributed by atoms with van der Waals surface area (Å²) in [6.07, 6.45) is 0. The van der Waals surface area contributed by atoms with E-state index in [9.17, 15) is 10.1 Å². The molecule has 0 bridgehead atoms. The number of piperazine rings is 1.